The Balaban J connectivity index is 1.18. The SMILES string of the molecule is CCN1CCN(c2cccc(Nc3ncc4cc(-c5cc(NC(=O)c6cccc(C(F)(F)F)c6)ccc5C)ncc4n3)c2)CC1. The van der Waals surface area contributed by atoms with Crippen LogP contribution in [0.2, 0.25) is 0 Å². The molecule has 2 N–H and O–H groups in total. The molecule has 0 saturated carbocycles. The molecule has 1 aliphatic rings. The standard InChI is InChI=1S/C34H32F3N7O/c1-3-43-12-14-44(15-13-43)28-9-5-8-26(18-28)41-33-39-20-24-17-30(38-21-31(24)42-33)29-19-27(11-10-22(29)2)40-32(45)23-6-4-7-25(16-23)34(35,36)37/h4-11,16-21H,3,12-15H2,1-2H3,(H,40,45)(H,39,41,42). The van der Waals surface area contributed by atoms with E-state index in [1.54, 1.807) is 24.5 Å². The molecule has 1 saturated heterocycles. The molecule has 0 atom stereocenters. The lowest BCUT2D eigenvalue weighted by Gasteiger charge is -2.35. The second-order valence-corrected chi connectivity index (χ2v) is 11.0. The molecule has 0 spiro atoms. The number of hydrogen-bond donors (Lipinski definition) is 2. The summed E-state index contributed by atoms with van der Waals surface area (Å²) in [4.78, 5) is 31.4. The normalized spacial score (nSPS) is 14.0. The van der Waals surface area contributed by atoms with Crippen LogP contribution in [0.4, 0.5) is 36.2 Å². The van der Waals surface area contributed by atoms with Crippen molar-refractivity contribution in [2.75, 3.05) is 48.3 Å². The Kier molecular flexibility index (Phi) is 8.36. The number of halogens is 3. The lowest BCUT2D eigenvalue weighted by molar-refractivity contribution is -0.137. The number of anilines is 4. The maximum atomic E-state index is 13.1. The molecule has 0 aliphatic carbocycles. The highest BCUT2D eigenvalue weighted by atomic mass is 19.4. The van der Waals surface area contributed by atoms with Crippen LogP contribution in [0.1, 0.15) is 28.4 Å². The van der Waals surface area contributed by atoms with Gasteiger partial charge in [0, 0.05) is 66.0 Å². The third-order valence-corrected chi connectivity index (χ3v) is 7.98. The molecule has 8 nitrogen and oxygen atoms in total. The zero-order valence-electron chi connectivity index (χ0n) is 24.9. The van der Waals surface area contributed by atoms with Crippen molar-refractivity contribution in [1.82, 2.24) is 19.9 Å². The number of likely N-dealkylation sites (N-methyl/N-ethyl adjacent to an activating group) is 1. The number of nitrogens with one attached hydrogen (secondary N) is 2. The van der Waals surface area contributed by atoms with Crippen LogP contribution in [0.15, 0.2) is 85.2 Å². The number of carbonyl (C=O) groups is 1. The predicted octanol–water partition coefficient (Wildman–Crippen LogP) is 7.16. The van der Waals surface area contributed by atoms with E-state index in [2.05, 4.69) is 54.4 Å². The number of benzene rings is 3. The minimum Gasteiger partial charge on any atom is -0.369 e. The van der Waals surface area contributed by atoms with Gasteiger partial charge in [0.1, 0.15) is 0 Å². The van der Waals surface area contributed by atoms with Crippen molar-refractivity contribution in [1.29, 1.82) is 0 Å². The first kappa shape index (κ1) is 30.0. The van der Waals surface area contributed by atoms with Crippen LogP contribution in [0.5, 0.6) is 0 Å². The van der Waals surface area contributed by atoms with Crippen LogP contribution in [0, 0.1) is 6.92 Å². The van der Waals surface area contributed by atoms with E-state index in [1.807, 2.05) is 31.2 Å². The van der Waals surface area contributed by atoms with Crippen LogP contribution in [-0.4, -0.2) is 58.5 Å². The van der Waals surface area contributed by atoms with E-state index >= 15 is 0 Å². The Morgan fingerprint density at radius 1 is 0.889 bits per heavy atom. The average molecular weight is 612 g/mol. The number of piperazine rings is 1. The third-order valence-electron chi connectivity index (χ3n) is 7.98. The number of pyridine rings is 1. The monoisotopic (exact) mass is 611 g/mol. The summed E-state index contributed by atoms with van der Waals surface area (Å²) in [6, 6.07) is 19.7. The number of amides is 1. The van der Waals surface area contributed by atoms with Crippen molar-refractivity contribution < 1.29 is 18.0 Å². The van der Waals surface area contributed by atoms with Gasteiger partial charge in [-0.2, -0.15) is 13.2 Å². The lowest BCUT2D eigenvalue weighted by Crippen LogP contribution is -2.46. The molecule has 45 heavy (non-hydrogen) atoms. The summed E-state index contributed by atoms with van der Waals surface area (Å²) in [5.41, 5.74) is 4.51. The Labute approximate surface area is 258 Å². The van der Waals surface area contributed by atoms with Crippen LogP contribution in [0.25, 0.3) is 22.2 Å². The van der Waals surface area contributed by atoms with E-state index in [0.717, 1.165) is 72.7 Å². The molecule has 230 valence electrons. The molecule has 1 aliphatic heterocycles. The number of aromatic nitrogens is 3. The Morgan fingerprint density at radius 3 is 2.47 bits per heavy atom. The van der Waals surface area contributed by atoms with Crippen molar-refractivity contribution >= 4 is 39.8 Å². The number of aryl methyl sites for hydroxylation is 1. The van der Waals surface area contributed by atoms with Gasteiger partial charge in [-0.15, -0.1) is 0 Å². The highest BCUT2D eigenvalue weighted by Gasteiger charge is 2.31. The number of hydrogen-bond acceptors (Lipinski definition) is 7. The van der Waals surface area contributed by atoms with Crippen molar-refractivity contribution in [2.45, 2.75) is 20.0 Å². The molecule has 0 bridgehead atoms. The van der Waals surface area contributed by atoms with Gasteiger partial charge in [0.05, 0.1) is 23.0 Å². The fourth-order valence-corrected chi connectivity index (χ4v) is 5.39. The van der Waals surface area contributed by atoms with Gasteiger partial charge in [0.15, 0.2) is 0 Å². The largest absolute Gasteiger partial charge is 0.416 e. The number of nitrogens with zero attached hydrogens (tertiary/aromatic N) is 5. The van der Waals surface area contributed by atoms with Crippen molar-refractivity contribution in [3.05, 3.63) is 102 Å². The first-order valence-corrected chi connectivity index (χ1v) is 14.7. The van der Waals surface area contributed by atoms with E-state index in [0.29, 0.717) is 22.8 Å². The smallest absolute Gasteiger partial charge is 0.369 e. The highest BCUT2D eigenvalue weighted by molar-refractivity contribution is 6.04. The topological polar surface area (TPSA) is 86.3 Å². The fourth-order valence-electron chi connectivity index (χ4n) is 5.39. The maximum Gasteiger partial charge on any atom is 0.416 e. The first-order chi connectivity index (χ1) is 21.7. The summed E-state index contributed by atoms with van der Waals surface area (Å²) in [7, 11) is 0. The average Bonchev–Trinajstić information content (AvgIpc) is 3.05. The van der Waals surface area contributed by atoms with Gasteiger partial charge in [-0.25, -0.2) is 9.97 Å². The summed E-state index contributed by atoms with van der Waals surface area (Å²) in [5.74, 6) is -0.180. The van der Waals surface area contributed by atoms with E-state index < -0.39 is 17.6 Å². The number of rotatable bonds is 7. The summed E-state index contributed by atoms with van der Waals surface area (Å²) in [6.45, 7) is 9.26. The van der Waals surface area contributed by atoms with Gasteiger partial charge in [0.25, 0.3) is 5.91 Å². The Hall–Kier alpha value is -5.03. The van der Waals surface area contributed by atoms with Crippen LogP contribution in [0.3, 0.4) is 0 Å². The zero-order chi connectivity index (χ0) is 31.6. The predicted molar refractivity (Wildman–Crippen MR) is 171 cm³/mol. The van der Waals surface area contributed by atoms with Crippen molar-refractivity contribution in [2.24, 2.45) is 0 Å². The molecule has 5 aromatic rings. The molecule has 0 unspecified atom stereocenters. The molecule has 0 radical (unpaired) electrons. The van der Waals surface area contributed by atoms with E-state index in [1.165, 1.54) is 12.1 Å². The van der Waals surface area contributed by atoms with Gasteiger partial charge in [-0.1, -0.05) is 25.1 Å². The number of alkyl halides is 3. The number of fused-ring (bicyclic) bond motifs is 1. The Bertz CT molecular complexity index is 1850. The van der Waals surface area contributed by atoms with Crippen molar-refractivity contribution in [3.8, 4) is 11.3 Å². The van der Waals surface area contributed by atoms with Gasteiger partial charge >= 0.3 is 6.18 Å². The molecular formula is C34H32F3N7O. The minimum absolute atomic E-state index is 0.0844. The highest BCUT2D eigenvalue weighted by Crippen LogP contribution is 2.31. The van der Waals surface area contributed by atoms with Gasteiger partial charge in [-0.3, -0.25) is 9.78 Å². The molecule has 2 aromatic heterocycles. The first-order valence-electron chi connectivity index (χ1n) is 14.7. The van der Waals surface area contributed by atoms with Gasteiger partial charge in [0.2, 0.25) is 5.95 Å². The summed E-state index contributed by atoms with van der Waals surface area (Å²) in [5, 5.41) is 6.79. The van der Waals surface area contributed by atoms with Crippen molar-refractivity contribution in [3.63, 3.8) is 0 Å². The fraction of sp³-hybridized carbons (Fsp3) is 0.235. The summed E-state index contributed by atoms with van der Waals surface area (Å²) in [6.07, 6.45) is -1.13. The van der Waals surface area contributed by atoms with E-state index in [9.17, 15) is 18.0 Å². The molecule has 3 heterocycles. The molecule has 1 fully saturated rings. The second kappa shape index (κ2) is 12.5. The third kappa shape index (κ3) is 6.88. The van der Waals surface area contributed by atoms with E-state index in [-0.39, 0.29) is 5.56 Å². The Morgan fingerprint density at radius 2 is 1.69 bits per heavy atom. The maximum absolute atomic E-state index is 13.1. The quantitative estimate of drug-likeness (QED) is 0.202. The van der Waals surface area contributed by atoms with E-state index in [4.69, 9.17) is 0 Å². The molecule has 11 heteroatoms. The van der Waals surface area contributed by atoms with Crippen LogP contribution < -0.4 is 15.5 Å². The molecule has 1 amide bonds. The molecule has 6 rings (SSSR count). The molecular weight excluding hydrogens is 579 g/mol. The lowest BCUT2D eigenvalue weighted by atomic mass is 10.0. The van der Waals surface area contributed by atoms with Crippen LogP contribution >= 0.6 is 0 Å². The summed E-state index contributed by atoms with van der Waals surface area (Å²) < 4.78 is 39.4. The van der Waals surface area contributed by atoms with Gasteiger partial charge < -0.3 is 20.4 Å². The van der Waals surface area contributed by atoms with Crippen LogP contribution in [-0.2, 0) is 6.18 Å². The zero-order valence-corrected chi connectivity index (χ0v) is 24.9. The second-order valence-electron chi connectivity index (χ2n) is 11.0. The van der Waals surface area contributed by atoms with Gasteiger partial charge in [-0.05, 0) is 73.6 Å². The molecule has 3 aromatic carbocycles. The number of carbonyl (C=O) groups excluding carboxylic acids is 1. The summed E-state index contributed by atoms with van der Waals surface area (Å²) >= 11 is 0. The minimum atomic E-state index is -4.54.